The number of halogens is 1. The fourth-order valence-electron chi connectivity index (χ4n) is 1.94. The molecule has 76 valence electrons. The van der Waals surface area contributed by atoms with Crippen LogP contribution >= 0.6 is 12.4 Å². The van der Waals surface area contributed by atoms with Crippen LogP contribution in [0.4, 0.5) is 0 Å². The van der Waals surface area contributed by atoms with Gasteiger partial charge < -0.3 is 4.74 Å². The summed E-state index contributed by atoms with van der Waals surface area (Å²) in [5.74, 6) is -0.133. The highest BCUT2D eigenvalue weighted by Gasteiger charge is 2.28. The third-order valence-corrected chi connectivity index (χ3v) is 2.62. The molecule has 1 atom stereocenters. The van der Waals surface area contributed by atoms with Crippen molar-refractivity contribution in [3.05, 3.63) is 35.4 Å². The number of hydrogen-bond acceptors (Lipinski definition) is 2. The van der Waals surface area contributed by atoms with Crippen molar-refractivity contribution in [2.24, 2.45) is 0 Å². The Kier molecular flexibility index (Phi) is 3.53. The Morgan fingerprint density at radius 3 is 2.86 bits per heavy atom. The summed E-state index contributed by atoms with van der Waals surface area (Å²) in [7, 11) is 1.45. The predicted octanol–water partition coefficient (Wildman–Crippen LogP) is 2.31. The molecule has 14 heavy (non-hydrogen) atoms. The Labute approximate surface area is 89.7 Å². The maximum absolute atomic E-state index is 11.4. The predicted molar refractivity (Wildman–Crippen MR) is 56.8 cm³/mol. The second-order valence-electron chi connectivity index (χ2n) is 3.31. The molecule has 2 rings (SSSR count). The van der Waals surface area contributed by atoms with E-state index in [9.17, 15) is 4.79 Å². The Bertz CT molecular complexity index is 336. The summed E-state index contributed by atoms with van der Waals surface area (Å²) in [6.07, 6.45) is 1.89. The summed E-state index contributed by atoms with van der Waals surface area (Å²) in [5, 5.41) is 0. The lowest BCUT2D eigenvalue weighted by molar-refractivity contribution is -0.142. The van der Waals surface area contributed by atoms with Crippen molar-refractivity contribution in [1.82, 2.24) is 0 Å². The van der Waals surface area contributed by atoms with Crippen LogP contribution in [-0.2, 0) is 16.0 Å². The molecule has 0 aliphatic heterocycles. The molecule has 3 heteroatoms. The Morgan fingerprint density at radius 2 is 2.14 bits per heavy atom. The van der Waals surface area contributed by atoms with Crippen molar-refractivity contribution in [2.75, 3.05) is 7.11 Å². The summed E-state index contributed by atoms with van der Waals surface area (Å²) in [6.45, 7) is 0. The molecule has 1 aromatic rings. The molecule has 0 heterocycles. The lowest BCUT2D eigenvalue weighted by Gasteiger charge is -2.07. The van der Waals surface area contributed by atoms with Gasteiger partial charge in [0.05, 0.1) is 13.0 Å². The molecule has 1 aromatic carbocycles. The number of fused-ring (bicyclic) bond motifs is 1. The first kappa shape index (κ1) is 11.1. The van der Waals surface area contributed by atoms with Crippen LogP contribution in [0, 0.1) is 0 Å². The number of carbonyl (C=O) groups is 1. The van der Waals surface area contributed by atoms with Gasteiger partial charge in [0.1, 0.15) is 0 Å². The third kappa shape index (κ3) is 1.75. The second kappa shape index (κ2) is 4.47. The molecule has 0 saturated carbocycles. The molecule has 1 unspecified atom stereocenters. The number of methoxy groups -OCH3 is 1. The number of hydrogen-bond donors (Lipinski definition) is 0. The number of rotatable bonds is 1. The zero-order valence-corrected chi connectivity index (χ0v) is 8.84. The van der Waals surface area contributed by atoms with Gasteiger partial charge in [-0.25, -0.2) is 0 Å². The molecule has 0 amide bonds. The van der Waals surface area contributed by atoms with E-state index >= 15 is 0 Å². The minimum Gasteiger partial charge on any atom is -0.469 e. The zero-order chi connectivity index (χ0) is 9.26. The van der Waals surface area contributed by atoms with Gasteiger partial charge in [0, 0.05) is 0 Å². The van der Waals surface area contributed by atoms with Crippen LogP contribution in [0.5, 0.6) is 0 Å². The average Bonchev–Trinajstić information content (AvgIpc) is 2.60. The molecular weight excluding hydrogens is 200 g/mol. The first-order valence-corrected chi connectivity index (χ1v) is 4.48. The normalized spacial score (nSPS) is 18.2. The van der Waals surface area contributed by atoms with Gasteiger partial charge in [0.15, 0.2) is 0 Å². The lowest BCUT2D eigenvalue weighted by Crippen LogP contribution is -2.10. The highest BCUT2D eigenvalue weighted by molar-refractivity contribution is 5.85. The van der Waals surface area contributed by atoms with Gasteiger partial charge in [0.2, 0.25) is 0 Å². The van der Waals surface area contributed by atoms with Gasteiger partial charge in [0.25, 0.3) is 0 Å². The van der Waals surface area contributed by atoms with E-state index in [0.717, 1.165) is 18.4 Å². The first-order chi connectivity index (χ1) is 6.33. The average molecular weight is 213 g/mol. The Morgan fingerprint density at radius 1 is 1.43 bits per heavy atom. The molecule has 0 spiro atoms. The van der Waals surface area contributed by atoms with Crippen molar-refractivity contribution in [2.45, 2.75) is 18.8 Å². The highest BCUT2D eigenvalue weighted by Crippen LogP contribution is 2.33. The number of aryl methyl sites for hydroxylation is 1. The second-order valence-corrected chi connectivity index (χ2v) is 3.31. The van der Waals surface area contributed by atoms with Gasteiger partial charge in [-0.2, -0.15) is 0 Å². The molecule has 1 aliphatic rings. The SMILES string of the molecule is COC(=O)C1CCc2ccccc21.Cl. The number of carbonyl (C=O) groups excluding carboxylic acids is 1. The van der Waals surface area contributed by atoms with E-state index in [1.807, 2.05) is 18.2 Å². The van der Waals surface area contributed by atoms with Crippen LogP contribution in [0.15, 0.2) is 24.3 Å². The summed E-state index contributed by atoms with van der Waals surface area (Å²) < 4.78 is 4.75. The summed E-state index contributed by atoms with van der Waals surface area (Å²) >= 11 is 0. The van der Waals surface area contributed by atoms with Gasteiger partial charge in [-0.05, 0) is 24.0 Å². The van der Waals surface area contributed by atoms with Crippen LogP contribution < -0.4 is 0 Å². The number of benzene rings is 1. The minimum absolute atomic E-state index is 0. The minimum atomic E-state index is -0.107. The summed E-state index contributed by atoms with van der Waals surface area (Å²) in [4.78, 5) is 11.4. The van der Waals surface area contributed by atoms with Crippen molar-refractivity contribution in [3.63, 3.8) is 0 Å². The van der Waals surface area contributed by atoms with Crippen LogP contribution in [0.25, 0.3) is 0 Å². The summed E-state index contributed by atoms with van der Waals surface area (Å²) in [5.41, 5.74) is 2.44. The van der Waals surface area contributed by atoms with E-state index in [1.54, 1.807) is 0 Å². The van der Waals surface area contributed by atoms with Gasteiger partial charge >= 0.3 is 5.97 Å². The quantitative estimate of drug-likeness (QED) is 0.668. The maximum atomic E-state index is 11.4. The lowest BCUT2D eigenvalue weighted by atomic mass is 10.0. The molecule has 0 aromatic heterocycles. The van der Waals surface area contributed by atoms with E-state index in [0.29, 0.717) is 0 Å². The van der Waals surface area contributed by atoms with Crippen molar-refractivity contribution < 1.29 is 9.53 Å². The number of ether oxygens (including phenoxy) is 1. The van der Waals surface area contributed by atoms with Crippen LogP contribution in [0.2, 0.25) is 0 Å². The molecule has 0 radical (unpaired) electrons. The van der Waals surface area contributed by atoms with Gasteiger partial charge in [-0.15, -0.1) is 12.4 Å². The topological polar surface area (TPSA) is 26.3 Å². The van der Waals surface area contributed by atoms with E-state index in [1.165, 1.54) is 12.7 Å². The Hall–Kier alpha value is -1.02. The largest absolute Gasteiger partial charge is 0.469 e. The molecule has 0 saturated heterocycles. The van der Waals surface area contributed by atoms with E-state index in [4.69, 9.17) is 4.74 Å². The van der Waals surface area contributed by atoms with Crippen molar-refractivity contribution in [3.8, 4) is 0 Å². The maximum Gasteiger partial charge on any atom is 0.313 e. The van der Waals surface area contributed by atoms with E-state index in [2.05, 4.69) is 6.07 Å². The van der Waals surface area contributed by atoms with E-state index in [-0.39, 0.29) is 24.3 Å². The molecule has 0 fully saturated rings. The smallest absolute Gasteiger partial charge is 0.313 e. The Balaban J connectivity index is 0.000000980. The van der Waals surface area contributed by atoms with Crippen LogP contribution in [0.3, 0.4) is 0 Å². The van der Waals surface area contributed by atoms with Gasteiger partial charge in [-0.3, -0.25) is 4.79 Å². The zero-order valence-electron chi connectivity index (χ0n) is 8.03. The highest BCUT2D eigenvalue weighted by atomic mass is 35.5. The van der Waals surface area contributed by atoms with Crippen LogP contribution in [0.1, 0.15) is 23.5 Å². The number of esters is 1. The molecule has 1 aliphatic carbocycles. The van der Waals surface area contributed by atoms with Crippen LogP contribution in [-0.4, -0.2) is 13.1 Å². The monoisotopic (exact) mass is 212 g/mol. The van der Waals surface area contributed by atoms with Crippen molar-refractivity contribution >= 4 is 18.4 Å². The first-order valence-electron chi connectivity index (χ1n) is 4.48. The molecule has 0 N–H and O–H groups in total. The molecular formula is C11H13ClO2. The summed E-state index contributed by atoms with van der Waals surface area (Å²) in [6, 6.07) is 8.08. The fraction of sp³-hybridized carbons (Fsp3) is 0.364. The third-order valence-electron chi connectivity index (χ3n) is 2.62. The fourth-order valence-corrected chi connectivity index (χ4v) is 1.94. The van der Waals surface area contributed by atoms with E-state index < -0.39 is 0 Å². The van der Waals surface area contributed by atoms with Crippen molar-refractivity contribution in [1.29, 1.82) is 0 Å². The standard InChI is InChI=1S/C11H12O2.ClH/c1-13-11(12)10-7-6-8-4-2-3-5-9(8)10;/h2-5,10H,6-7H2,1H3;1H. The molecule has 0 bridgehead atoms. The van der Waals surface area contributed by atoms with Gasteiger partial charge in [-0.1, -0.05) is 24.3 Å². The molecule has 2 nitrogen and oxygen atoms in total.